The molecule has 0 aliphatic rings. The molecule has 0 saturated carbocycles. The number of aromatic nitrogens is 4. The number of nitrogens with zero attached hydrogens (tertiary/aromatic N) is 4. The second-order valence-electron chi connectivity index (χ2n) is 5.38. The number of carbonyl (C=O) groups is 1. The van der Waals surface area contributed by atoms with Gasteiger partial charge in [-0.2, -0.15) is 0 Å². The van der Waals surface area contributed by atoms with Crippen LogP contribution in [-0.2, 0) is 11.3 Å². The molecule has 0 bridgehead atoms. The summed E-state index contributed by atoms with van der Waals surface area (Å²) in [4.78, 5) is 16.2. The Morgan fingerprint density at radius 3 is 2.81 bits per heavy atom. The van der Waals surface area contributed by atoms with Crippen LogP contribution in [0.15, 0.2) is 64.9 Å². The normalized spacial score (nSPS) is 10.6. The lowest BCUT2D eigenvalue weighted by molar-refractivity contribution is -0.113. The number of halogens is 2. The largest absolute Gasteiger partial charge is 0.310 e. The molecule has 0 fully saturated rings. The van der Waals surface area contributed by atoms with E-state index in [1.165, 1.54) is 17.8 Å². The van der Waals surface area contributed by atoms with Gasteiger partial charge in [-0.05, 0) is 40.2 Å². The number of anilines is 1. The minimum Gasteiger partial charge on any atom is -0.310 e. The smallest absolute Gasteiger partial charge is 0.236 e. The standard InChI is InChI=1S/C18H15BrFN5OS/c1-2-9-25-17(13-5-3-4-6-14(13)20)23-24-18(25)27-11-16(26)22-15-8-7-12(19)10-21-15/h2-8,10H,1,9,11H2,(H,21,22,26). The van der Waals surface area contributed by atoms with E-state index in [0.29, 0.717) is 28.9 Å². The number of thioether (sulfide) groups is 1. The maximum atomic E-state index is 14.1. The predicted octanol–water partition coefficient (Wildman–Crippen LogP) is 4.16. The van der Waals surface area contributed by atoms with E-state index in [2.05, 4.69) is 43.0 Å². The van der Waals surface area contributed by atoms with E-state index in [1.54, 1.807) is 47.2 Å². The first-order valence-corrected chi connectivity index (χ1v) is 9.69. The van der Waals surface area contributed by atoms with Gasteiger partial charge >= 0.3 is 0 Å². The van der Waals surface area contributed by atoms with Crippen LogP contribution in [0.2, 0.25) is 0 Å². The third kappa shape index (κ3) is 4.81. The van der Waals surface area contributed by atoms with Crippen LogP contribution in [0.4, 0.5) is 10.2 Å². The molecule has 27 heavy (non-hydrogen) atoms. The Hall–Kier alpha value is -2.52. The van der Waals surface area contributed by atoms with Gasteiger partial charge < -0.3 is 5.32 Å². The Kier molecular flexibility index (Phi) is 6.36. The SMILES string of the molecule is C=CCn1c(SCC(=O)Nc2ccc(Br)cn2)nnc1-c1ccccc1F. The van der Waals surface area contributed by atoms with Crippen LogP contribution < -0.4 is 5.32 Å². The molecule has 1 N–H and O–H groups in total. The minimum atomic E-state index is -0.384. The third-order valence-corrected chi connectivity index (χ3v) is 4.91. The van der Waals surface area contributed by atoms with Crippen molar-refractivity contribution in [1.29, 1.82) is 0 Å². The molecule has 1 amide bonds. The monoisotopic (exact) mass is 447 g/mol. The maximum Gasteiger partial charge on any atom is 0.236 e. The fourth-order valence-electron chi connectivity index (χ4n) is 2.29. The van der Waals surface area contributed by atoms with Gasteiger partial charge in [0, 0.05) is 17.2 Å². The van der Waals surface area contributed by atoms with Gasteiger partial charge in [0.2, 0.25) is 5.91 Å². The third-order valence-electron chi connectivity index (χ3n) is 3.47. The molecule has 1 aromatic carbocycles. The van der Waals surface area contributed by atoms with Crippen molar-refractivity contribution >= 4 is 39.4 Å². The van der Waals surface area contributed by atoms with E-state index in [0.717, 1.165) is 4.47 Å². The first kappa shape index (κ1) is 19.2. The highest BCUT2D eigenvalue weighted by atomic mass is 79.9. The summed E-state index contributed by atoms with van der Waals surface area (Å²) in [6.45, 7) is 4.12. The number of hydrogen-bond acceptors (Lipinski definition) is 5. The van der Waals surface area contributed by atoms with E-state index in [4.69, 9.17) is 0 Å². The van der Waals surface area contributed by atoms with Crippen molar-refractivity contribution in [3.63, 3.8) is 0 Å². The Labute approximate surface area is 168 Å². The van der Waals surface area contributed by atoms with Gasteiger partial charge in [0.25, 0.3) is 0 Å². The Balaban J connectivity index is 1.73. The summed E-state index contributed by atoms with van der Waals surface area (Å²) >= 11 is 4.50. The number of allylic oxidation sites excluding steroid dienone is 1. The van der Waals surface area contributed by atoms with Gasteiger partial charge in [0.15, 0.2) is 11.0 Å². The van der Waals surface area contributed by atoms with Crippen molar-refractivity contribution in [3.8, 4) is 11.4 Å². The van der Waals surface area contributed by atoms with Crippen molar-refractivity contribution in [1.82, 2.24) is 19.7 Å². The van der Waals surface area contributed by atoms with E-state index in [1.807, 2.05) is 0 Å². The number of hydrogen-bond donors (Lipinski definition) is 1. The second kappa shape index (κ2) is 8.92. The van der Waals surface area contributed by atoms with Crippen LogP contribution in [-0.4, -0.2) is 31.4 Å². The number of benzene rings is 1. The molecule has 3 rings (SSSR count). The second-order valence-corrected chi connectivity index (χ2v) is 7.24. The zero-order chi connectivity index (χ0) is 19.2. The fourth-order valence-corrected chi connectivity index (χ4v) is 3.27. The molecule has 9 heteroatoms. The quantitative estimate of drug-likeness (QED) is 0.434. The summed E-state index contributed by atoms with van der Waals surface area (Å²) in [7, 11) is 0. The number of nitrogens with one attached hydrogen (secondary N) is 1. The highest BCUT2D eigenvalue weighted by Crippen LogP contribution is 2.26. The zero-order valence-electron chi connectivity index (χ0n) is 14.1. The zero-order valence-corrected chi connectivity index (χ0v) is 16.5. The van der Waals surface area contributed by atoms with Crippen molar-refractivity contribution in [2.24, 2.45) is 0 Å². The highest BCUT2D eigenvalue weighted by Gasteiger charge is 2.17. The molecule has 0 saturated heterocycles. The van der Waals surface area contributed by atoms with Gasteiger partial charge in [0.1, 0.15) is 11.6 Å². The van der Waals surface area contributed by atoms with Crippen molar-refractivity contribution < 1.29 is 9.18 Å². The summed E-state index contributed by atoms with van der Waals surface area (Å²) < 4.78 is 16.7. The summed E-state index contributed by atoms with van der Waals surface area (Å²) in [6.07, 6.45) is 3.27. The van der Waals surface area contributed by atoms with Crippen molar-refractivity contribution in [2.45, 2.75) is 11.7 Å². The van der Waals surface area contributed by atoms with Crippen molar-refractivity contribution in [3.05, 3.63) is 65.5 Å². The molecule has 2 heterocycles. The molecule has 2 aromatic heterocycles. The maximum absolute atomic E-state index is 14.1. The molecule has 0 aliphatic heterocycles. The van der Waals surface area contributed by atoms with Crippen molar-refractivity contribution in [2.75, 3.05) is 11.1 Å². The lowest BCUT2D eigenvalue weighted by Gasteiger charge is -2.08. The van der Waals surface area contributed by atoms with Gasteiger partial charge in [-0.1, -0.05) is 30.0 Å². The Morgan fingerprint density at radius 1 is 1.30 bits per heavy atom. The Morgan fingerprint density at radius 2 is 2.11 bits per heavy atom. The van der Waals surface area contributed by atoms with E-state index in [-0.39, 0.29) is 17.5 Å². The van der Waals surface area contributed by atoms with E-state index >= 15 is 0 Å². The van der Waals surface area contributed by atoms with Crippen LogP contribution in [0.5, 0.6) is 0 Å². The number of carbonyl (C=O) groups excluding carboxylic acids is 1. The fraction of sp³-hybridized carbons (Fsp3) is 0.111. The van der Waals surface area contributed by atoms with E-state index in [9.17, 15) is 9.18 Å². The van der Waals surface area contributed by atoms with Gasteiger partial charge in [-0.3, -0.25) is 9.36 Å². The van der Waals surface area contributed by atoms with Crippen LogP contribution in [0.25, 0.3) is 11.4 Å². The predicted molar refractivity (Wildman–Crippen MR) is 107 cm³/mol. The van der Waals surface area contributed by atoms with Gasteiger partial charge in [0.05, 0.1) is 11.3 Å². The topological polar surface area (TPSA) is 72.7 Å². The first-order valence-electron chi connectivity index (χ1n) is 7.91. The lowest BCUT2D eigenvalue weighted by Crippen LogP contribution is -2.15. The molecule has 0 aliphatic carbocycles. The summed E-state index contributed by atoms with van der Waals surface area (Å²) in [6, 6.07) is 9.84. The molecular formula is C18H15BrFN5OS. The van der Waals surface area contributed by atoms with Gasteiger partial charge in [-0.15, -0.1) is 16.8 Å². The van der Waals surface area contributed by atoms with E-state index < -0.39 is 0 Å². The Bertz CT molecular complexity index is 961. The number of pyridine rings is 1. The van der Waals surface area contributed by atoms with Gasteiger partial charge in [-0.25, -0.2) is 9.37 Å². The average Bonchev–Trinajstić information content (AvgIpc) is 3.05. The van der Waals surface area contributed by atoms with Crippen LogP contribution in [0, 0.1) is 5.82 Å². The number of rotatable bonds is 7. The summed E-state index contributed by atoms with van der Waals surface area (Å²) in [5, 5.41) is 11.4. The molecule has 0 atom stereocenters. The molecule has 6 nitrogen and oxygen atoms in total. The molecule has 3 aromatic rings. The molecule has 0 spiro atoms. The average molecular weight is 448 g/mol. The molecule has 0 unspecified atom stereocenters. The first-order chi connectivity index (χ1) is 13.1. The van der Waals surface area contributed by atoms with Crippen LogP contribution in [0.1, 0.15) is 0 Å². The molecule has 138 valence electrons. The van der Waals surface area contributed by atoms with Crippen LogP contribution in [0.3, 0.4) is 0 Å². The highest BCUT2D eigenvalue weighted by molar-refractivity contribution is 9.10. The van der Waals surface area contributed by atoms with Crippen LogP contribution >= 0.6 is 27.7 Å². The molecular weight excluding hydrogens is 433 g/mol. The summed E-state index contributed by atoms with van der Waals surface area (Å²) in [5.41, 5.74) is 0.349. The lowest BCUT2D eigenvalue weighted by atomic mass is 10.2. The minimum absolute atomic E-state index is 0.115. The number of amides is 1. The molecule has 0 radical (unpaired) electrons. The summed E-state index contributed by atoms with van der Waals surface area (Å²) in [5.74, 6) is 0.361.